The zero-order valence-corrected chi connectivity index (χ0v) is 15.6. The lowest BCUT2D eigenvalue weighted by Crippen LogP contribution is -2.41. The third-order valence-corrected chi connectivity index (χ3v) is 6.27. The lowest BCUT2D eigenvalue weighted by molar-refractivity contribution is -0.126. The highest BCUT2D eigenvalue weighted by atomic mass is 16.2. The highest BCUT2D eigenvalue weighted by molar-refractivity contribution is 6.06. The van der Waals surface area contributed by atoms with Crippen LogP contribution in [0.1, 0.15) is 49.1 Å². The topological polar surface area (TPSA) is 78.5 Å². The van der Waals surface area contributed by atoms with Crippen molar-refractivity contribution in [3.05, 3.63) is 35.4 Å². The summed E-state index contributed by atoms with van der Waals surface area (Å²) in [5.74, 6) is -0.551. The molecule has 2 saturated heterocycles. The van der Waals surface area contributed by atoms with Crippen molar-refractivity contribution in [3.63, 3.8) is 0 Å². The number of nitrogens with zero attached hydrogens (tertiary/aromatic N) is 1. The molecule has 2 N–H and O–H groups in total. The minimum Gasteiger partial charge on any atom is -0.338 e. The average Bonchev–Trinajstić information content (AvgIpc) is 3.25. The summed E-state index contributed by atoms with van der Waals surface area (Å²) in [6.45, 7) is 1.20. The Hall–Kier alpha value is -2.37. The summed E-state index contributed by atoms with van der Waals surface area (Å²) < 4.78 is 0. The first kappa shape index (κ1) is 18.0. The van der Waals surface area contributed by atoms with Crippen LogP contribution >= 0.6 is 0 Å². The Bertz CT molecular complexity index is 703. The number of fused-ring (bicyclic) bond motifs is 1. The maximum atomic E-state index is 12.3. The highest BCUT2D eigenvalue weighted by Gasteiger charge is 2.48. The van der Waals surface area contributed by atoms with Gasteiger partial charge in [-0.25, -0.2) is 4.79 Å². The number of hydrogen-bond donors (Lipinski definition) is 2. The quantitative estimate of drug-likeness (QED) is 0.799. The van der Waals surface area contributed by atoms with Crippen molar-refractivity contribution >= 4 is 17.8 Å². The Kier molecular flexibility index (Phi) is 5.14. The summed E-state index contributed by atoms with van der Waals surface area (Å²) in [5, 5.41) is 5.25. The molecule has 0 spiro atoms. The number of nitrogens with one attached hydrogen (secondary N) is 2. The number of carbonyl (C=O) groups is 3. The van der Waals surface area contributed by atoms with E-state index in [2.05, 4.69) is 34.9 Å². The molecule has 1 aliphatic carbocycles. The van der Waals surface area contributed by atoms with Gasteiger partial charge in [-0.3, -0.25) is 14.9 Å². The molecule has 27 heavy (non-hydrogen) atoms. The van der Waals surface area contributed by atoms with Crippen molar-refractivity contribution in [2.45, 2.75) is 44.4 Å². The molecule has 3 fully saturated rings. The Morgan fingerprint density at radius 3 is 2.26 bits per heavy atom. The monoisotopic (exact) mass is 369 g/mol. The van der Waals surface area contributed by atoms with Gasteiger partial charge >= 0.3 is 6.03 Å². The van der Waals surface area contributed by atoms with E-state index in [1.54, 1.807) is 4.90 Å². The highest BCUT2D eigenvalue weighted by Crippen LogP contribution is 2.32. The molecule has 2 aliphatic heterocycles. The Labute approximate surface area is 159 Å². The molecule has 4 rings (SSSR count). The minimum atomic E-state index is -0.379. The standard InChI is InChI=1S/C21H27N3O3/c25-19-17-12-24(13-18(17)20(26)23-19)21(27)22-11-10-14-6-8-16(9-7-14)15-4-2-1-3-5-15/h6-9,15,17-18H,1-5,10-13H2,(H,22,27)(H,23,25,26)/t17-,18+. The second-order valence-electron chi connectivity index (χ2n) is 8.03. The third-order valence-electron chi connectivity index (χ3n) is 6.27. The van der Waals surface area contributed by atoms with Crippen LogP contribution in [0.2, 0.25) is 0 Å². The SMILES string of the molecule is O=C1NC(=O)[C@@H]2CN(C(=O)NCCc3ccc(C4CCCCC4)cc3)C[C@H]12. The lowest BCUT2D eigenvalue weighted by atomic mass is 9.84. The van der Waals surface area contributed by atoms with Crippen LogP contribution in [0.15, 0.2) is 24.3 Å². The van der Waals surface area contributed by atoms with Gasteiger partial charge in [-0.05, 0) is 36.3 Å². The zero-order chi connectivity index (χ0) is 18.8. The maximum absolute atomic E-state index is 12.3. The molecule has 6 heteroatoms. The van der Waals surface area contributed by atoms with Gasteiger partial charge in [0.1, 0.15) is 0 Å². The van der Waals surface area contributed by atoms with Gasteiger partial charge in [0.2, 0.25) is 11.8 Å². The van der Waals surface area contributed by atoms with E-state index in [0.29, 0.717) is 25.6 Å². The number of rotatable bonds is 4. The predicted molar refractivity (Wildman–Crippen MR) is 101 cm³/mol. The summed E-state index contributed by atoms with van der Waals surface area (Å²) in [5.41, 5.74) is 2.65. The molecule has 1 aromatic carbocycles. The predicted octanol–water partition coefficient (Wildman–Crippen LogP) is 2.19. The number of carbonyl (C=O) groups excluding carboxylic acids is 3. The lowest BCUT2D eigenvalue weighted by Gasteiger charge is -2.22. The van der Waals surface area contributed by atoms with Crippen LogP contribution in [0.4, 0.5) is 4.79 Å². The molecular formula is C21H27N3O3. The summed E-state index contributed by atoms with van der Waals surface area (Å²) >= 11 is 0. The number of urea groups is 1. The molecular weight excluding hydrogens is 342 g/mol. The number of amides is 4. The first-order valence-electron chi connectivity index (χ1n) is 10.1. The molecule has 0 unspecified atom stereocenters. The van der Waals surface area contributed by atoms with Crippen molar-refractivity contribution in [1.29, 1.82) is 0 Å². The van der Waals surface area contributed by atoms with Crippen LogP contribution in [0.3, 0.4) is 0 Å². The van der Waals surface area contributed by atoms with E-state index in [-0.39, 0.29) is 29.7 Å². The average molecular weight is 369 g/mol. The maximum Gasteiger partial charge on any atom is 0.317 e. The van der Waals surface area contributed by atoms with Crippen LogP contribution in [0.5, 0.6) is 0 Å². The molecule has 144 valence electrons. The zero-order valence-electron chi connectivity index (χ0n) is 15.6. The van der Waals surface area contributed by atoms with Crippen LogP contribution in [-0.2, 0) is 16.0 Å². The fraction of sp³-hybridized carbons (Fsp3) is 0.571. The van der Waals surface area contributed by atoms with Gasteiger partial charge in [-0.15, -0.1) is 0 Å². The largest absolute Gasteiger partial charge is 0.338 e. The Balaban J connectivity index is 1.23. The van der Waals surface area contributed by atoms with Crippen LogP contribution in [0, 0.1) is 11.8 Å². The normalized spacial score (nSPS) is 25.4. The van der Waals surface area contributed by atoms with Crippen molar-refractivity contribution in [1.82, 2.24) is 15.5 Å². The summed E-state index contributed by atoms with van der Waals surface area (Å²) in [6.07, 6.45) is 7.41. The van der Waals surface area contributed by atoms with Gasteiger partial charge in [-0.1, -0.05) is 43.5 Å². The summed E-state index contributed by atoms with van der Waals surface area (Å²) in [7, 11) is 0. The van der Waals surface area contributed by atoms with E-state index >= 15 is 0 Å². The van der Waals surface area contributed by atoms with E-state index in [4.69, 9.17) is 0 Å². The van der Waals surface area contributed by atoms with Crippen molar-refractivity contribution in [3.8, 4) is 0 Å². The van der Waals surface area contributed by atoms with Gasteiger partial charge in [-0.2, -0.15) is 0 Å². The minimum absolute atomic E-state index is 0.191. The van der Waals surface area contributed by atoms with Crippen molar-refractivity contribution in [2.75, 3.05) is 19.6 Å². The number of likely N-dealkylation sites (tertiary alicyclic amines) is 1. The molecule has 4 amide bonds. The molecule has 0 aromatic heterocycles. The summed E-state index contributed by atoms with van der Waals surface area (Å²) in [4.78, 5) is 37.3. The van der Waals surface area contributed by atoms with Gasteiger partial charge in [0, 0.05) is 19.6 Å². The number of hydrogen-bond acceptors (Lipinski definition) is 3. The van der Waals surface area contributed by atoms with E-state index in [1.807, 2.05) is 0 Å². The van der Waals surface area contributed by atoms with Gasteiger partial charge in [0.15, 0.2) is 0 Å². The second-order valence-corrected chi connectivity index (χ2v) is 8.03. The van der Waals surface area contributed by atoms with Crippen molar-refractivity contribution < 1.29 is 14.4 Å². The van der Waals surface area contributed by atoms with E-state index in [0.717, 1.165) is 6.42 Å². The number of benzene rings is 1. The Morgan fingerprint density at radius 2 is 1.63 bits per heavy atom. The summed E-state index contributed by atoms with van der Waals surface area (Å²) in [6, 6.07) is 8.61. The van der Waals surface area contributed by atoms with Crippen LogP contribution < -0.4 is 10.6 Å². The van der Waals surface area contributed by atoms with Crippen LogP contribution in [0.25, 0.3) is 0 Å². The molecule has 6 nitrogen and oxygen atoms in total. The fourth-order valence-electron chi connectivity index (χ4n) is 4.63. The number of imide groups is 1. The smallest absolute Gasteiger partial charge is 0.317 e. The molecule has 2 heterocycles. The van der Waals surface area contributed by atoms with Gasteiger partial charge in [0.05, 0.1) is 11.8 Å². The van der Waals surface area contributed by atoms with E-state index in [9.17, 15) is 14.4 Å². The van der Waals surface area contributed by atoms with E-state index < -0.39 is 0 Å². The fourth-order valence-corrected chi connectivity index (χ4v) is 4.63. The molecule has 2 atom stereocenters. The molecule has 1 aromatic rings. The first-order valence-corrected chi connectivity index (χ1v) is 10.1. The second kappa shape index (κ2) is 7.71. The Morgan fingerprint density at radius 1 is 1.00 bits per heavy atom. The molecule has 0 radical (unpaired) electrons. The molecule has 1 saturated carbocycles. The molecule has 3 aliphatic rings. The van der Waals surface area contributed by atoms with Gasteiger partial charge < -0.3 is 10.2 Å². The van der Waals surface area contributed by atoms with Crippen molar-refractivity contribution in [2.24, 2.45) is 11.8 Å². The van der Waals surface area contributed by atoms with E-state index in [1.165, 1.54) is 43.2 Å². The van der Waals surface area contributed by atoms with Gasteiger partial charge in [0.25, 0.3) is 0 Å². The third kappa shape index (κ3) is 3.84. The van der Waals surface area contributed by atoms with Crippen LogP contribution in [-0.4, -0.2) is 42.4 Å². The first-order chi connectivity index (χ1) is 13.1. The molecule has 0 bridgehead atoms.